The first-order valence-electron chi connectivity index (χ1n) is 3.24. The maximum absolute atomic E-state index is 10.6. The van der Waals surface area contributed by atoms with E-state index in [2.05, 4.69) is 0 Å². The normalized spacial score (nSPS) is 11.7. The molecule has 1 aromatic carbocycles. The molecular formula is C7H5Cl2O3S-. The van der Waals surface area contributed by atoms with Gasteiger partial charge in [0.1, 0.15) is 10.1 Å². The van der Waals surface area contributed by atoms with E-state index < -0.39 is 15.0 Å². The van der Waals surface area contributed by atoms with Crippen LogP contribution in [0, 0.1) is 6.92 Å². The zero-order valence-electron chi connectivity index (χ0n) is 6.54. The monoisotopic (exact) mass is 239 g/mol. The number of rotatable bonds is 1. The lowest BCUT2D eigenvalue weighted by molar-refractivity contribution is 0.463. The largest absolute Gasteiger partial charge is 0.744 e. The lowest BCUT2D eigenvalue weighted by Crippen LogP contribution is -1.99. The highest BCUT2D eigenvalue weighted by molar-refractivity contribution is 7.85. The maximum atomic E-state index is 10.6. The predicted molar refractivity (Wildman–Crippen MR) is 49.2 cm³/mol. The van der Waals surface area contributed by atoms with Crippen LogP contribution >= 0.6 is 23.2 Å². The summed E-state index contributed by atoms with van der Waals surface area (Å²) in [6.45, 7) is 1.63. The van der Waals surface area contributed by atoms with Crippen molar-refractivity contribution in [3.05, 3.63) is 27.7 Å². The van der Waals surface area contributed by atoms with E-state index in [1.807, 2.05) is 0 Å². The molecule has 0 bridgehead atoms. The van der Waals surface area contributed by atoms with E-state index in [0.717, 1.165) is 12.1 Å². The van der Waals surface area contributed by atoms with E-state index >= 15 is 0 Å². The Hall–Kier alpha value is -0.290. The highest BCUT2D eigenvalue weighted by atomic mass is 35.5. The van der Waals surface area contributed by atoms with Crippen LogP contribution in [0.5, 0.6) is 0 Å². The number of hydrogen-bond donors (Lipinski definition) is 0. The Morgan fingerprint density at radius 2 is 1.62 bits per heavy atom. The highest BCUT2D eigenvalue weighted by Gasteiger charge is 2.07. The van der Waals surface area contributed by atoms with Gasteiger partial charge in [0.2, 0.25) is 0 Å². The van der Waals surface area contributed by atoms with Crippen LogP contribution < -0.4 is 0 Å². The molecule has 0 unspecified atom stereocenters. The Labute approximate surface area is 86.0 Å². The zero-order chi connectivity index (χ0) is 10.2. The summed E-state index contributed by atoms with van der Waals surface area (Å²) in [5, 5.41) is 0.337. The summed E-state index contributed by atoms with van der Waals surface area (Å²) < 4.78 is 31.7. The summed E-state index contributed by atoms with van der Waals surface area (Å²) in [4.78, 5) is -0.409. The van der Waals surface area contributed by atoms with Gasteiger partial charge in [-0.25, -0.2) is 8.42 Å². The van der Waals surface area contributed by atoms with Crippen molar-refractivity contribution >= 4 is 33.3 Å². The Kier molecular flexibility index (Phi) is 2.87. The van der Waals surface area contributed by atoms with Crippen LogP contribution in [0.4, 0.5) is 0 Å². The molecule has 3 nitrogen and oxygen atoms in total. The van der Waals surface area contributed by atoms with E-state index in [-0.39, 0.29) is 10.0 Å². The fourth-order valence-electron chi connectivity index (χ4n) is 0.766. The Morgan fingerprint density at radius 3 is 1.92 bits per heavy atom. The lowest BCUT2D eigenvalue weighted by Gasteiger charge is -2.09. The van der Waals surface area contributed by atoms with Gasteiger partial charge in [-0.05, 0) is 24.6 Å². The second-order valence-electron chi connectivity index (χ2n) is 2.47. The van der Waals surface area contributed by atoms with Gasteiger partial charge in [-0.3, -0.25) is 0 Å². The van der Waals surface area contributed by atoms with Gasteiger partial charge in [0.05, 0.1) is 4.90 Å². The third-order valence-corrected chi connectivity index (χ3v) is 3.14. The van der Waals surface area contributed by atoms with Crippen molar-refractivity contribution in [2.24, 2.45) is 0 Å². The molecule has 1 aromatic rings. The average molecular weight is 240 g/mol. The minimum absolute atomic E-state index is 0.168. The highest BCUT2D eigenvalue weighted by Crippen LogP contribution is 2.27. The van der Waals surface area contributed by atoms with Crippen LogP contribution in [0.2, 0.25) is 10.0 Å². The molecular weight excluding hydrogens is 235 g/mol. The van der Waals surface area contributed by atoms with Crippen molar-refractivity contribution in [1.29, 1.82) is 0 Å². The second-order valence-corrected chi connectivity index (χ2v) is 4.66. The summed E-state index contributed by atoms with van der Waals surface area (Å²) >= 11 is 11.3. The number of halogens is 2. The summed E-state index contributed by atoms with van der Waals surface area (Å²) in [6, 6.07) is 2.18. The van der Waals surface area contributed by atoms with Crippen LogP contribution in [0.25, 0.3) is 0 Å². The van der Waals surface area contributed by atoms with Crippen molar-refractivity contribution in [3.8, 4) is 0 Å². The van der Waals surface area contributed by atoms with Crippen molar-refractivity contribution in [1.82, 2.24) is 0 Å². The predicted octanol–water partition coefficient (Wildman–Crippen LogP) is 2.21. The molecule has 0 heterocycles. The van der Waals surface area contributed by atoms with Crippen molar-refractivity contribution < 1.29 is 13.0 Å². The molecule has 0 fully saturated rings. The Balaban J connectivity index is 3.47. The topological polar surface area (TPSA) is 57.2 Å². The van der Waals surface area contributed by atoms with Crippen molar-refractivity contribution in [2.75, 3.05) is 0 Å². The van der Waals surface area contributed by atoms with E-state index in [0.29, 0.717) is 5.56 Å². The molecule has 0 aliphatic rings. The minimum Gasteiger partial charge on any atom is -0.744 e. The molecule has 6 heteroatoms. The van der Waals surface area contributed by atoms with Gasteiger partial charge < -0.3 is 4.55 Å². The molecule has 13 heavy (non-hydrogen) atoms. The Bertz CT molecular complexity index is 416. The standard InChI is InChI=1S/C7H6Cl2O3S/c1-4-6(8)2-5(3-7(4)9)13(10,11)12/h2-3H,1H3,(H,10,11,12)/p-1. The number of hydrogen-bond acceptors (Lipinski definition) is 3. The van der Waals surface area contributed by atoms with E-state index in [1.54, 1.807) is 6.92 Å². The molecule has 0 aliphatic heterocycles. The van der Waals surface area contributed by atoms with Gasteiger partial charge in [0.25, 0.3) is 0 Å². The van der Waals surface area contributed by atoms with E-state index in [9.17, 15) is 13.0 Å². The van der Waals surface area contributed by atoms with Gasteiger partial charge >= 0.3 is 0 Å². The third-order valence-electron chi connectivity index (χ3n) is 1.54. The molecule has 0 radical (unpaired) electrons. The smallest absolute Gasteiger partial charge is 0.124 e. The first-order chi connectivity index (χ1) is 5.82. The summed E-state index contributed by atoms with van der Waals surface area (Å²) in [5.41, 5.74) is 0.552. The van der Waals surface area contributed by atoms with Gasteiger partial charge in [-0.15, -0.1) is 0 Å². The van der Waals surface area contributed by atoms with Gasteiger partial charge in [0, 0.05) is 10.0 Å². The SMILES string of the molecule is Cc1c(Cl)cc(S(=O)(=O)[O-])cc1Cl. The zero-order valence-corrected chi connectivity index (χ0v) is 8.87. The van der Waals surface area contributed by atoms with Gasteiger partial charge in [-0.2, -0.15) is 0 Å². The quantitative estimate of drug-likeness (QED) is 0.707. The summed E-state index contributed by atoms with van der Waals surface area (Å²) in [6.07, 6.45) is 0. The molecule has 1 rings (SSSR count). The van der Waals surface area contributed by atoms with E-state index in [1.165, 1.54) is 0 Å². The van der Waals surface area contributed by atoms with Gasteiger partial charge in [0.15, 0.2) is 0 Å². The van der Waals surface area contributed by atoms with Crippen LogP contribution in [-0.4, -0.2) is 13.0 Å². The molecule has 0 spiro atoms. The fourth-order valence-corrected chi connectivity index (χ4v) is 1.91. The second kappa shape index (κ2) is 3.46. The molecule has 0 aromatic heterocycles. The minimum atomic E-state index is -4.48. The molecule has 0 N–H and O–H groups in total. The third kappa shape index (κ3) is 2.34. The van der Waals surface area contributed by atoms with Crippen LogP contribution in [0.1, 0.15) is 5.56 Å². The maximum Gasteiger partial charge on any atom is 0.124 e. The molecule has 0 atom stereocenters. The average Bonchev–Trinajstić information content (AvgIpc) is 1.97. The lowest BCUT2D eigenvalue weighted by atomic mass is 10.2. The van der Waals surface area contributed by atoms with Crippen LogP contribution in [0.15, 0.2) is 17.0 Å². The molecule has 0 saturated carbocycles. The van der Waals surface area contributed by atoms with Crippen molar-refractivity contribution in [3.63, 3.8) is 0 Å². The first-order valence-corrected chi connectivity index (χ1v) is 5.40. The summed E-state index contributed by atoms with van der Waals surface area (Å²) in [5.74, 6) is 0. The molecule has 0 aliphatic carbocycles. The van der Waals surface area contributed by atoms with Crippen LogP contribution in [0.3, 0.4) is 0 Å². The molecule has 0 saturated heterocycles. The fraction of sp³-hybridized carbons (Fsp3) is 0.143. The first kappa shape index (κ1) is 10.8. The van der Waals surface area contributed by atoms with E-state index in [4.69, 9.17) is 23.2 Å². The van der Waals surface area contributed by atoms with Crippen LogP contribution in [-0.2, 0) is 10.1 Å². The van der Waals surface area contributed by atoms with Gasteiger partial charge in [-0.1, -0.05) is 23.2 Å². The number of benzene rings is 1. The molecule has 0 amide bonds. The van der Waals surface area contributed by atoms with Crippen molar-refractivity contribution in [2.45, 2.75) is 11.8 Å². The summed E-state index contributed by atoms with van der Waals surface area (Å²) in [7, 11) is -4.48. The Morgan fingerprint density at radius 1 is 1.23 bits per heavy atom. The molecule has 72 valence electrons.